The number of quaternary nitrogens is 1. The number of ether oxygens (including phenoxy) is 4. The normalized spacial score (nSPS) is 13.8. The van der Waals surface area contributed by atoms with Crippen LogP contribution in [0, 0.1) is 0 Å². The second-order valence-electron chi connectivity index (χ2n) is 16.7. The summed E-state index contributed by atoms with van der Waals surface area (Å²) in [6.45, 7) is 4.63. The van der Waals surface area contributed by atoms with Gasteiger partial charge in [-0.05, 0) is 89.9 Å². The van der Waals surface area contributed by atoms with Crippen molar-refractivity contribution in [3.8, 4) is 0 Å². The number of carboxylic acid groups (broad SMARTS) is 1. The maximum Gasteiger partial charge on any atom is 0.361 e. The van der Waals surface area contributed by atoms with E-state index in [1.807, 2.05) is 21.1 Å². The summed E-state index contributed by atoms with van der Waals surface area (Å²) in [5.74, 6) is -2.06. The van der Waals surface area contributed by atoms with Crippen molar-refractivity contribution < 1.29 is 42.9 Å². The maximum absolute atomic E-state index is 12.8. The summed E-state index contributed by atoms with van der Waals surface area (Å²) in [6, 6.07) is 0. The van der Waals surface area contributed by atoms with Crippen LogP contribution in [0.3, 0.4) is 0 Å². The minimum Gasteiger partial charge on any atom is -0.477 e. The van der Waals surface area contributed by atoms with E-state index in [1.54, 1.807) is 0 Å². The molecule has 0 radical (unpaired) electrons. The SMILES string of the molecule is CC/C=C\C/C=C\C/C=C\C/C=C\C/C=C\C/C=C\C/C=C\CCCCCCCC(=O)OC(COC(=O)CCCCCCC/C=C\CCC)COC(OCC[N+](C)(C)C)C(=O)O. The van der Waals surface area contributed by atoms with Crippen LogP contribution in [0.5, 0.6) is 0 Å². The quantitative estimate of drug-likeness (QED) is 0.0212. The largest absolute Gasteiger partial charge is 0.477 e. The van der Waals surface area contributed by atoms with E-state index in [-0.39, 0.29) is 38.6 Å². The molecule has 0 rings (SSSR count). The predicted octanol–water partition coefficient (Wildman–Crippen LogP) is 13.1. The zero-order chi connectivity index (χ0) is 45.6. The van der Waals surface area contributed by atoms with Crippen molar-refractivity contribution in [1.29, 1.82) is 0 Å². The van der Waals surface area contributed by atoms with Gasteiger partial charge in [-0.1, -0.05) is 156 Å². The van der Waals surface area contributed by atoms with Gasteiger partial charge in [-0.15, -0.1) is 0 Å². The average molecular weight is 867 g/mol. The molecule has 0 saturated heterocycles. The summed E-state index contributed by atoms with van der Waals surface area (Å²) in [4.78, 5) is 37.1. The van der Waals surface area contributed by atoms with E-state index < -0.39 is 24.3 Å². The van der Waals surface area contributed by atoms with E-state index in [0.717, 1.165) is 122 Å². The van der Waals surface area contributed by atoms with Gasteiger partial charge in [0.1, 0.15) is 13.2 Å². The molecule has 0 aromatic heterocycles. The number of carboxylic acids is 1. The summed E-state index contributed by atoms with van der Waals surface area (Å²) in [6.07, 6.45) is 54.8. The maximum atomic E-state index is 12.8. The van der Waals surface area contributed by atoms with Gasteiger partial charge in [0.05, 0.1) is 34.4 Å². The number of allylic oxidation sites excluding steroid dienone is 16. The summed E-state index contributed by atoms with van der Waals surface area (Å²) in [5.41, 5.74) is 0. The van der Waals surface area contributed by atoms with Gasteiger partial charge in [0.25, 0.3) is 6.29 Å². The Morgan fingerprint density at radius 3 is 1.39 bits per heavy atom. The third-order valence-electron chi connectivity index (χ3n) is 9.56. The fourth-order valence-corrected chi connectivity index (χ4v) is 5.87. The molecular weight excluding hydrogens is 779 g/mol. The molecule has 0 aromatic carbocycles. The zero-order valence-electron chi connectivity index (χ0n) is 39.7. The smallest absolute Gasteiger partial charge is 0.361 e. The van der Waals surface area contributed by atoms with Crippen LogP contribution < -0.4 is 0 Å². The van der Waals surface area contributed by atoms with E-state index in [2.05, 4.69) is 111 Å². The first-order chi connectivity index (χ1) is 30.1. The Morgan fingerprint density at radius 2 is 0.919 bits per heavy atom. The van der Waals surface area contributed by atoms with Crippen molar-refractivity contribution in [1.82, 2.24) is 0 Å². The number of hydrogen-bond acceptors (Lipinski definition) is 7. The van der Waals surface area contributed by atoms with Crippen molar-refractivity contribution in [3.63, 3.8) is 0 Å². The third kappa shape index (κ3) is 44.3. The highest BCUT2D eigenvalue weighted by Gasteiger charge is 2.25. The van der Waals surface area contributed by atoms with Crippen LogP contribution in [0.2, 0.25) is 0 Å². The lowest BCUT2D eigenvalue weighted by molar-refractivity contribution is -0.870. The fourth-order valence-electron chi connectivity index (χ4n) is 5.87. The first kappa shape index (κ1) is 58.2. The molecule has 0 aliphatic carbocycles. The standard InChI is InChI=1S/C53H87NO8/c1-6-8-10-12-14-16-18-19-20-21-22-23-24-25-26-27-28-29-30-31-32-33-34-36-38-40-42-44-51(56)62-49(48-61-53(52(57)58)59-46-45-54(3,4)5)47-60-50(55)43-41-39-37-35-17-15-13-11-9-7-2/h8,10-11,13-14,16,19-20,22-23,25-26,28-29,31-32,49,53H,6-7,9,12,15,17-18,21,24,27,30,33-48H2,1-5H3/p+1/b10-8-,13-11-,16-14-,20-19-,23-22-,26-25-,29-28-,32-31-. The minimum atomic E-state index is -1.52. The highest BCUT2D eigenvalue weighted by Crippen LogP contribution is 2.12. The Morgan fingerprint density at radius 1 is 0.500 bits per heavy atom. The Bertz CT molecular complexity index is 1330. The summed E-state index contributed by atoms with van der Waals surface area (Å²) in [5, 5.41) is 9.63. The molecule has 62 heavy (non-hydrogen) atoms. The van der Waals surface area contributed by atoms with Gasteiger partial charge in [0.15, 0.2) is 6.10 Å². The Balaban J connectivity index is 4.37. The lowest BCUT2D eigenvalue weighted by atomic mass is 10.1. The van der Waals surface area contributed by atoms with Crippen molar-refractivity contribution in [2.45, 2.75) is 174 Å². The lowest BCUT2D eigenvalue weighted by Crippen LogP contribution is -2.40. The van der Waals surface area contributed by atoms with Crippen molar-refractivity contribution in [3.05, 3.63) is 97.2 Å². The highest BCUT2D eigenvalue weighted by atomic mass is 16.7. The van der Waals surface area contributed by atoms with E-state index in [4.69, 9.17) is 18.9 Å². The van der Waals surface area contributed by atoms with Gasteiger partial charge < -0.3 is 28.5 Å². The molecule has 0 saturated carbocycles. The van der Waals surface area contributed by atoms with Crippen LogP contribution in [-0.2, 0) is 33.3 Å². The topological polar surface area (TPSA) is 108 Å². The van der Waals surface area contributed by atoms with Gasteiger partial charge in [0.2, 0.25) is 0 Å². The molecule has 0 aromatic rings. The second kappa shape index (κ2) is 43.8. The lowest BCUT2D eigenvalue weighted by Gasteiger charge is -2.25. The molecule has 0 bridgehead atoms. The summed E-state index contributed by atoms with van der Waals surface area (Å²) >= 11 is 0. The number of carbonyl (C=O) groups is 3. The Labute approximate surface area is 378 Å². The first-order valence-electron chi connectivity index (χ1n) is 23.9. The summed E-state index contributed by atoms with van der Waals surface area (Å²) < 4.78 is 22.7. The number of carbonyl (C=O) groups excluding carboxylic acids is 2. The molecular formula is C53H88NO8+. The molecule has 9 heteroatoms. The van der Waals surface area contributed by atoms with E-state index in [9.17, 15) is 19.5 Å². The Kier molecular flexibility index (Phi) is 41.2. The molecule has 0 aliphatic rings. The number of rotatable bonds is 42. The third-order valence-corrected chi connectivity index (χ3v) is 9.56. The van der Waals surface area contributed by atoms with Crippen LogP contribution in [0.4, 0.5) is 0 Å². The van der Waals surface area contributed by atoms with Gasteiger partial charge in [-0.25, -0.2) is 4.79 Å². The number of nitrogens with zero attached hydrogens (tertiary/aromatic N) is 1. The zero-order valence-corrected chi connectivity index (χ0v) is 39.7. The fraction of sp³-hybridized carbons (Fsp3) is 0.642. The molecule has 352 valence electrons. The van der Waals surface area contributed by atoms with Gasteiger partial charge in [-0.3, -0.25) is 9.59 Å². The number of hydrogen-bond donors (Lipinski definition) is 1. The minimum absolute atomic E-state index is 0.177. The van der Waals surface area contributed by atoms with Crippen LogP contribution >= 0.6 is 0 Å². The molecule has 2 unspecified atom stereocenters. The van der Waals surface area contributed by atoms with Crippen LogP contribution in [0.25, 0.3) is 0 Å². The molecule has 2 atom stereocenters. The molecule has 0 heterocycles. The summed E-state index contributed by atoms with van der Waals surface area (Å²) in [7, 11) is 5.93. The van der Waals surface area contributed by atoms with Crippen molar-refractivity contribution in [2.75, 3.05) is 47.5 Å². The molecule has 0 aliphatic heterocycles. The molecule has 0 fully saturated rings. The second-order valence-corrected chi connectivity index (χ2v) is 16.7. The number of esters is 2. The van der Waals surface area contributed by atoms with Gasteiger partial charge in [-0.2, -0.15) is 0 Å². The molecule has 0 spiro atoms. The van der Waals surface area contributed by atoms with Gasteiger partial charge >= 0.3 is 17.9 Å². The van der Waals surface area contributed by atoms with Crippen LogP contribution in [-0.4, -0.2) is 87.4 Å². The molecule has 0 amide bonds. The van der Waals surface area contributed by atoms with E-state index in [1.165, 1.54) is 6.42 Å². The van der Waals surface area contributed by atoms with E-state index >= 15 is 0 Å². The van der Waals surface area contributed by atoms with Crippen LogP contribution in [0.1, 0.15) is 162 Å². The van der Waals surface area contributed by atoms with Crippen molar-refractivity contribution in [2.24, 2.45) is 0 Å². The Hall–Kier alpha value is -3.79. The number of aliphatic carboxylic acids is 1. The first-order valence-corrected chi connectivity index (χ1v) is 23.9. The molecule has 9 nitrogen and oxygen atoms in total. The highest BCUT2D eigenvalue weighted by molar-refractivity contribution is 5.71. The number of likely N-dealkylation sites (N-methyl/N-ethyl adjacent to an activating group) is 1. The van der Waals surface area contributed by atoms with Crippen molar-refractivity contribution >= 4 is 17.9 Å². The monoisotopic (exact) mass is 867 g/mol. The van der Waals surface area contributed by atoms with E-state index in [0.29, 0.717) is 17.4 Å². The van der Waals surface area contributed by atoms with Crippen LogP contribution in [0.15, 0.2) is 97.2 Å². The average Bonchev–Trinajstić information content (AvgIpc) is 3.23. The number of unbranched alkanes of at least 4 members (excludes halogenated alkanes) is 11. The predicted molar refractivity (Wildman–Crippen MR) is 258 cm³/mol. The van der Waals surface area contributed by atoms with Gasteiger partial charge in [0, 0.05) is 12.8 Å². The molecule has 1 N–H and O–H groups in total.